The zero-order valence-electron chi connectivity index (χ0n) is 15.3. The topological polar surface area (TPSA) is 22.3 Å². The Hall–Kier alpha value is -1.52. The highest BCUT2D eigenvalue weighted by molar-refractivity contribution is 9.10. The second-order valence-corrected chi connectivity index (χ2v) is 7.99. The number of benzene rings is 1. The summed E-state index contributed by atoms with van der Waals surface area (Å²) < 4.78 is 1.14. The number of aromatic amines is 1. The third-order valence-corrected chi connectivity index (χ3v) is 6.62. The summed E-state index contributed by atoms with van der Waals surface area (Å²) in [4.78, 5) is 8.40. The lowest BCUT2D eigenvalue weighted by molar-refractivity contribution is 0.234. The summed E-state index contributed by atoms with van der Waals surface area (Å²) in [5.41, 5.74) is 6.74. The molecule has 132 valence electrons. The molecule has 1 aliphatic heterocycles. The molecule has 0 spiro atoms. The Morgan fingerprint density at radius 1 is 1.36 bits per heavy atom. The Morgan fingerprint density at radius 2 is 2.12 bits per heavy atom. The minimum Gasteiger partial charge on any atom is -0.375 e. The third kappa shape index (κ3) is 2.58. The van der Waals surface area contributed by atoms with Crippen LogP contribution in [-0.4, -0.2) is 47.5 Å². The summed E-state index contributed by atoms with van der Waals surface area (Å²) in [7, 11) is 2.26. The Balaban J connectivity index is 1.83. The summed E-state index contributed by atoms with van der Waals surface area (Å²) >= 11 is 3.73. The second kappa shape index (κ2) is 6.33. The number of aromatic nitrogens is 1. The van der Waals surface area contributed by atoms with E-state index in [-0.39, 0.29) is 0 Å². The van der Waals surface area contributed by atoms with E-state index in [9.17, 15) is 0 Å². The maximum absolute atomic E-state index is 4.43. The standard InChI is InChI=1S/C21H26BrN3/c1-5-25(6-2)13(3)14-10-16-15-8-7-9-18-20(15)17(21(22)23-18)11-19(16)24(4)12-14/h7-10,14,19,23H,3,5-6,11-12H2,1-2,4H3/t14-,19?/m1/s1. The molecule has 0 bridgehead atoms. The molecule has 1 aromatic heterocycles. The predicted octanol–water partition coefficient (Wildman–Crippen LogP) is 4.66. The Morgan fingerprint density at radius 3 is 2.84 bits per heavy atom. The number of halogens is 1. The minimum atomic E-state index is 0.385. The van der Waals surface area contributed by atoms with Crippen molar-refractivity contribution in [3.63, 3.8) is 0 Å². The average Bonchev–Trinajstić information content (AvgIpc) is 2.93. The molecule has 2 heterocycles. The fraction of sp³-hybridized carbons (Fsp3) is 0.429. The van der Waals surface area contributed by atoms with Crippen molar-refractivity contribution in [2.45, 2.75) is 26.3 Å². The van der Waals surface area contributed by atoms with Crippen LogP contribution < -0.4 is 0 Å². The van der Waals surface area contributed by atoms with Crippen molar-refractivity contribution in [2.75, 3.05) is 26.7 Å². The molecule has 4 rings (SSSR count). The summed E-state index contributed by atoms with van der Waals surface area (Å²) in [6.07, 6.45) is 3.55. The van der Waals surface area contributed by atoms with Crippen LogP contribution in [0.5, 0.6) is 0 Å². The van der Waals surface area contributed by atoms with Crippen LogP contribution in [0.4, 0.5) is 0 Å². The molecule has 0 saturated carbocycles. The van der Waals surface area contributed by atoms with Crippen LogP contribution >= 0.6 is 15.9 Å². The second-order valence-electron chi connectivity index (χ2n) is 7.20. The molecule has 0 saturated heterocycles. The van der Waals surface area contributed by atoms with Crippen LogP contribution in [0.2, 0.25) is 0 Å². The van der Waals surface area contributed by atoms with E-state index in [1.165, 1.54) is 33.3 Å². The molecular formula is C21H26BrN3. The molecule has 2 aliphatic rings. The molecule has 0 amide bonds. The predicted molar refractivity (Wildman–Crippen MR) is 110 cm³/mol. The van der Waals surface area contributed by atoms with Gasteiger partial charge in [-0.2, -0.15) is 0 Å². The van der Waals surface area contributed by atoms with E-state index >= 15 is 0 Å². The zero-order valence-corrected chi connectivity index (χ0v) is 16.9. The van der Waals surface area contributed by atoms with Gasteiger partial charge in [0.25, 0.3) is 0 Å². The molecule has 0 radical (unpaired) electrons. The van der Waals surface area contributed by atoms with E-state index < -0.39 is 0 Å². The highest BCUT2D eigenvalue weighted by atomic mass is 79.9. The number of H-pyrrole nitrogens is 1. The summed E-state index contributed by atoms with van der Waals surface area (Å²) in [6.45, 7) is 11.9. The summed E-state index contributed by atoms with van der Waals surface area (Å²) in [5, 5.41) is 1.39. The van der Waals surface area contributed by atoms with Gasteiger partial charge in [-0.05, 0) is 66.0 Å². The zero-order chi connectivity index (χ0) is 17.7. The number of fused-ring (bicyclic) bond motifs is 2. The molecule has 2 aromatic rings. The number of hydrogen-bond acceptors (Lipinski definition) is 2. The van der Waals surface area contributed by atoms with Gasteiger partial charge in [0.15, 0.2) is 0 Å². The fourth-order valence-electron chi connectivity index (χ4n) is 4.57. The van der Waals surface area contributed by atoms with Crippen molar-refractivity contribution in [1.82, 2.24) is 14.8 Å². The molecular weight excluding hydrogens is 374 g/mol. The van der Waals surface area contributed by atoms with E-state index in [0.29, 0.717) is 12.0 Å². The SMILES string of the molecule is C=C([C@@H]1C=C2c3cccc4[nH]c(Br)c(c34)CC2N(C)C1)N(CC)CC. The number of nitrogens with zero attached hydrogens (tertiary/aromatic N) is 2. The monoisotopic (exact) mass is 399 g/mol. The van der Waals surface area contributed by atoms with Gasteiger partial charge in [-0.25, -0.2) is 0 Å². The first-order chi connectivity index (χ1) is 12.0. The number of nitrogens with one attached hydrogen (secondary N) is 1. The quantitative estimate of drug-likeness (QED) is 0.807. The van der Waals surface area contributed by atoms with E-state index in [1.54, 1.807) is 0 Å². The van der Waals surface area contributed by atoms with Gasteiger partial charge < -0.3 is 9.88 Å². The largest absolute Gasteiger partial charge is 0.375 e. The highest BCUT2D eigenvalue weighted by Crippen LogP contribution is 2.44. The van der Waals surface area contributed by atoms with Gasteiger partial charge in [-0.1, -0.05) is 24.8 Å². The van der Waals surface area contributed by atoms with Crippen LogP contribution in [0.25, 0.3) is 16.5 Å². The van der Waals surface area contributed by atoms with Crippen molar-refractivity contribution in [1.29, 1.82) is 0 Å². The lowest BCUT2D eigenvalue weighted by Crippen LogP contribution is -2.44. The summed E-state index contributed by atoms with van der Waals surface area (Å²) in [6, 6.07) is 7.06. The van der Waals surface area contributed by atoms with Crippen LogP contribution in [0.1, 0.15) is 25.0 Å². The first-order valence-electron chi connectivity index (χ1n) is 9.20. The molecule has 0 fully saturated rings. The van der Waals surface area contributed by atoms with Crippen LogP contribution in [0.15, 0.2) is 41.2 Å². The lowest BCUT2D eigenvalue weighted by Gasteiger charge is -2.42. The van der Waals surface area contributed by atoms with E-state index in [4.69, 9.17) is 0 Å². The van der Waals surface area contributed by atoms with Gasteiger partial charge in [-0.3, -0.25) is 4.90 Å². The van der Waals surface area contributed by atoms with Crippen molar-refractivity contribution in [2.24, 2.45) is 5.92 Å². The van der Waals surface area contributed by atoms with Crippen LogP contribution in [-0.2, 0) is 6.42 Å². The van der Waals surface area contributed by atoms with Gasteiger partial charge in [0.2, 0.25) is 0 Å². The van der Waals surface area contributed by atoms with Crippen LogP contribution in [0.3, 0.4) is 0 Å². The van der Waals surface area contributed by atoms with E-state index in [1.807, 2.05) is 0 Å². The van der Waals surface area contributed by atoms with Crippen molar-refractivity contribution >= 4 is 32.4 Å². The Kier molecular flexibility index (Phi) is 4.28. The Bertz CT molecular complexity index is 859. The summed E-state index contributed by atoms with van der Waals surface area (Å²) in [5.74, 6) is 0.385. The molecule has 1 N–H and O–H groups in total. The van der Waals surface area contributed by atoms with Crippen molar-refractivity contribution in [3.8, 4) is 0 Å². The van der Waals surface area contributed by atoms with Gasteiger partial charge in [0.05, 0.1) is 4.60 Å². The van der Waals surface area contributed by atoms with Gasteiger partial charge in [-0.15, -0.1) is 0 Å². The van der Waals surface area contributed by atoms with Crippen LogP contribution in [0, 0.1) is 5.92 Å². The molecule has 1 unspecified atom stereocenters. The minimum absolute atomic E-state index is 0.385. The van der Waals surface area contributed by atoms with Gasteiger partial charge >= 0.3 is 0 Å². The lowest BCUT2D eigenvalue weighted by atomic mass is 9.79. The first-order valence-corrected chi connectivity index (χ1v) is 9.99. The third-order valence-electron chi connectivity index (χ3n) is 5.94. The first kappa shape index (κ1) is 16.9. The number of likely N-dealkylation sites (N-methyl/N-ethyl adjacent to an activating group) is 1. The fourth-order valence-corrected chi connectivity index (χ4v) is 5.14. The highest BCUT2D eigenvalue weighted by Gasteiger charge is 2.35. The molecule has 3 nitrogen and oxygen atoms in total. The molecule has 2 atom stereocenters. The molecule has 4 heteroatoms. The number of hydrogen-bond donors (Lipinski definition) is 1. The molecule has 1 aromatic carbocycles. The maximum atomic E-state index is 4.43. The maximum Gasteiger partial charge on any atom is 0.0864 e. The molecule has 1 aliphatic carbocycles. The van der Waals surface area contributed by atoms with Crippen molar-refractivity contribution in [3.05, 3.63) is 52.3 Å². The number of rotatable bonds is 4. The smallest absolute Gasteiger partial charge is 0.0864 e. The van der Waals surface area contributed by atoms with Crippen molar-refractivity contribution < 1.29 is 0 Å². The van der Waals surface area contributed by atoms with Gasteiger partial charge in [0.1, 0.15) is 0 Å². The van der Waals surface area contributed by atoms with Gasteiger partial charge in [0, 0.05) is 48.2 Å². The Labute approximate surface area is 158 Å². The van der Waals surface area contributed by atoms with E-state index in [0.717, 1.165) is 30.7 Å². The average molecular weight is 400 g/mol. The van der Waals surface area contributed by atoms with E-state index in [2.05, 4.69) is 82.5 Å². The molecule has 25 heavy (non-hydrogen) atoms. The normalized spacial score (nSPS) is 22.6.